The van der Waals surface area contributed by atoms with Crippen LogP contribution in [-0.2, 0) is 22.7 Å². The molecule has 0 spiro atoms. The van der Waals surface area contributed by atoms with Gasteiger partial charge in [0.2, 0.25) is 0 Å². The molecule has 5 rings (SSSR count). The highest BCUT2D eigenvalue weighted by Gasteiger charge is 2.23. The van der Waals surface area contributed by atoms with Crippen molar-refractivity contribution >= 4 is 38.3 Å². The minimum Gasteiger partial charge on any atom is -0.293 e. The SMILES string of the molecule is CSc1ccc(C(Cc2cccc(-c3cc(CC(C)S(C)(=O)=O)cc4cccnc34)c2)C(=O)c2ccccc2)cc1. The number of carbonyl (C=O) groups is 1. The highest BCUT2D eigenvalue weighted by molar-refractivity contribution is 7.98. The van der Waals surface area contributed by atoms with Crippen molar-refractivity contribution in [2.75, 3.05) is 12.5 Å². The molecule has 2 atom stereocenters. The lowest BCUT2D eigenvalue weighted by molar-refractivity contribution is 0.0959. The lowest BCUT2D eigenvalue weighted by Gasteiger charge is -2.18. The molecule has 0 fully saturated rings. The number of fused-ring (bicyclic) bond motifs is 1. The molecular weight excluding hydrogens is 547 g/mol. The Balaban J connectivity index is 1.54. The molecule has 2 unspecified atom stereocenters. The van der Waals surface area contributed by atoms with Crippen LogP contribution in [0.3, 0.4) is 0 Å². The Kier molecular flexibility index (Phi) is 8.71. The zero-order valence-corrected chi connectivity index (χ0v) is 25.1. The highest BCUT2D eigenvalue weighted by atomic mass is 32.2. The van der Waals surface area contributed by atoms with Crippen LogP contribution >= 0.6 is 11.8 Å². The van der Waals surface area contributed by atoms with Crippen LogP contribution in [-0.4, -0.2) is 36.9 Å². The van der Waals surface area contributed by atoms with Crippen molar-refractivity contribution in [3.63, 3.8) is 0 Å². The number of ketones is 1. The van der Waals surface area contributed by atoms with E-state index in [4.69, 9.17) is 0 Å². The number of thioether (sulfide) groups is 1. The fourth-order valence-electron chi connectivity index (χ4n) is 5.18. The molecular formula is C35H33NO3S2. The summed E-state index contributed by atoms with van der Waals surface area (Å²) in [5, 5.41) is 0.482. The summed E-state index contributed by atoms with van der Waals surface area (Å²) in [4.78, 5) is 19.6. The van der Waals surface area contributed by atoms with E-state index < -0.39 is 15.1 Å². The van der Waals surface area contributed by atoms with E-state index in [1.54, 1.807) is 24.9 Å². The number of Topliss-reactive ketones (excluding diaryl/α,β-unsaturated/α-hetero) is 1. The largest absolute Gasteiger partial charge is 0.293 e. The van der Waals surface area contributed by atoms with Gasteiger partial charge in [0, 0.05) is 33.9 Å². The summed E-state index contributed by atoms with van der Waals surface area (Å²) in [7, 11) is -3.16. The summed E-state index contributed by atoms with van der Waals surface area (Å²) in [5.41, 5.74) is 6.50. The van der Waals surface area contributed by atoms with Gasteiger partial charge in [0.1, 0.15) is 9.84 Å². The Morgan fingerprint density at radius 1 is 0.829 bits per heavy atom. The normalized spacial score (nSPS) is 13.1. The van der Waals surface area contributed by atoms with Gasteiger partial charge in [-0.15, -0.1) is 11.8 Å². The van der Waals surface area contributed by atoms with Crippen molar-refractivity contribution in [1.29, 1.82) is 0 Å². The second kappa shape index (κ2) is 12.4. The Labute approximate surface area is 246 Å². The first-order valence-corrected chi connectivity index (χ1v) is 16.8. The summed E-state index contributed by atoms with van der Waals surface area (Å²) in [6.45, 7) is 1.75. The Morgan fingerprint density at radius 2 is 1.59 bits per heavy atom. The molecule has 0 amide bonds. The number of aromatic nitrogens is 1. The van der Waals surface area contributed by atoms with Gasteiger partial charge >= 0.3 is 0 Å². The summed E-state index contributed by atoms with van der Waals surface area (Å²) in [6.07, 6.45) is 6.09. The fraction of sp³-hybridized carbons (Fsp3) is 0.200. The van der Waals surface area contributed by atoms with Gasteiger partial charge in [-0.3, -0.25) is 9.78 Å². The first-order chi connectivity index (χ1) is 19.7. The van der Waals surface area contributed by atoms with Gasteiger partial charge in [0.25, 0.3) is 0 Å². The minimum absolute atomic E-state index is 0.0942. The van der Waals surface area contributed by atoms with Crippen LogP contribution in [0, 0.1) is 0 Å². The molecule has 0 aliphatic rings. The van der Waals surface area contributed by atoms with E-state index in [1.165, 1.54) is 6.26 Å². The molecule has 208 valence electrons. The highest BCUT2D eigenvalue weighted by Crippen LogP contribution is 2.33. The topological polar surface area (TPSA) is 64.1 Å². The van der Waals surface area contributed by atoms with Crippen molar-refractivity contribution in [2.24, 2.45) is 0 Å². The number of hydrogen-bond acceptors (Lipinski definition) is 5. The molecule has 0 saturated heterocycles. The van der Waals surface area contributed by atoms with E-state index in [2.05, 4.69) is 53.5 Å². The lowest BCUT2D eigenvalue weighted by atomic mass is 9.85. The predicted octanol–water partition coefficient (Wildman–Crippen LogP) is 7.81. The van der Waals surface area contributed by atoms with Gasteiger partial charge < -0.3 is 0 Å². The Hall–Kier alpha value is -3.74. The molecule has 1 heterocycles. The standard InChI is InChI=1S/C35H33NO3S2/c1-24(41(3,38)39)19-26-21-30-13-8-18-36-34(30)32(23-26)29-12-7-9-25(20-29)22-33(27-14-16-31(40-2)17-15-27)35(37)28-10-5-4-6-11-28/h4-18,20-21,23-24,33H,19,22H2,1-3H3. The van der Waals surface area contributed by atoms with Crippen molar-refractivity contribution in [2.45, 2.75) is 35.8 Å². The predicted molar refractivity (Wildman–Crippen MR) is 171 cm³/mol. The molecule has 0 radical (unpaired) electrons. The third-order valence-corrected chi connectivity index (χ3v) is 9.96. The number of nitrogens with zero attached hydrogens (tertiary/aromatic N) is 1. The summed E-state index contributed by atoms with van der Waals surface area (Å²) in [5.74, 6) is -0.239. The number of sulfone groups is 1. The van der Waals surface area contributed by atoms with Crippen LogP contribution < -0.4 is 0 Å². The zero-order chi connectivity index (χ0) is 29.0. The van der Waals surface area contributed by atoms with Crippen LogP contribution in [0.5, 0.6) is 0 Å². The van der Waals surface area contributed by atoms with Gasteiger partial charge in [0.05, 0.1) is 16.7 Å². The first-order valence-electron chi connectivity index (χ1n) is 13.6. The monoisotopic (exact) mass is 579 g/mol. The number of carbonyl (C=O) groups excluding carboxylic acids is 1. The molecule has 0 bridgehead atoms. The van der Waals surface area contributed by atoms with Crippen molar-refractivity contribution in [1.82, 2.24) is 4.98 Å². The van der Waals surface area contributed by atoms with Gasteiger partial charge in [0.15, 0.2) is 5.78 Å². The third kappa shape index (κ3) is 6.77. The first kappa shape index (κ1) is 28.8. The van der Waals surface area contributed by atoms with Crippen molar-refractivity contribution in [3.05, 3.63) is 132 Å². The fourth-order valence-corrected chi connectivity index (χ4v) is 6.08. The number of pyridine rings is 1. The molecule has 5 aromatic rings. The van der Waals surface area contributed by atoms with E-state index in [0.717, 1.165) is 43.6 Å². The zero-order valence-electron chi connectivity index (χ0n) is 23.4. The van der Waals surface area contributed by atoms with Gasteiger partial charge in [-0.05, 0) is 78.6 Å². The van der Waals surface area contributed by atoms with Crippen LogP contribution in [0.4, 0.5) is 0 Å². The molecule has 0 aliphatic carbocycles. The smallest absolute Gasteiger partial charge is 0.170 e. The third-order valence-electron chi connectivity index (χ3n) is 7.59. The molecule has 6 heteroatoms. The summed E-state index contributed by atoms with van der Waals surface area (Å²) < 4.78 is 24.3. The van der Waals surface area contributed by atoms with E-state index >= 15 is 0 Å². The van der Waals surface area contributed by atoms with Crippen molar-refractivity contribution in [3.8, 4) is 11.1 Å². The number of rotatable bonds is 10. The van der Waals surface area contributed by atoms with Crippen molar-refractivity contribution < 1.29 is 13.2 Å². The maximum absolute atomic E-state index is 13.8. The molecule has 0 saturated carbocycles. The average molecular weight is 580 g/mol. The van der Waals surface area contributed by atoms with Crippen LogP contribution in [0.25, 0.3) is 22.0 Å². The second-order valence-electron chi connectivity index (χ2n) is 10.5. The summed E-state index contributed by atoms with van der Waals surface area (Å²) >= 11 is 1.68. The van der Waals surface area contributed by atoms with Gasteiger partial charge in [-0.2, -0.15) is 0 Å². The lowest BCUT2D eigenvalue weighted by Crippen LogP contribution is -2.18. The second-order valence-corrected chi connectivity index (χ2v) is 13.9. The molecule has 0 N–H and O–H groups in total. The van der Waals surface area contributed by atoms with Crippen LogP contribution in [0.1, 0.15) is 39.9 Å². The van der Waals surface area contributed by atoms with E-state index in [0.29, 0.717) is 18.4 Å². The van der Waals surface area contributed by atoms with E-state index in [9.17, 15) is 13.2 Å². The number of hydrogen-bond donors (Lipinski definition) is 0. The van der Waals surface area contributed by atoms with Crippen LogP contribution in [0.2, 0.25) is 0 Å². The van der Waals surface area contributed by atoms with Gasteiger partial charge in [-0.1, -0.05) is 72.8 Å². The molecule has 4 aromatic carbocycles. The summed E-state index contributed by atoms with van der Waals surface area (Å²) in [6, 6.07) is 34.0. The van der Waals surface area contributed by atoms with Crippen LogP contribution in [0.15, 0.2) is 114 Å². The Bertz CT molecular complexity index is 1780. The molecule has 41 heavy (non-hydrogen) atoms. The quantitative estimate of drug-likeness (QED) is 0.125. The maximum atomic E-state index is 13.8. The van der Waals surface area contributed by atoms with Gasteiger partial charge in [-0.25, -0.2) is 8.42 Å². The Morgan fingerprint density at radius 3 is 2.29 bits per heavy atom. The van der Waals surface area contributed by atoms with E-state index in [-0.39, 0.29) is 11.7 Å². The average Bonchev–Trinajstić information content (AvgIpc) is 2.99. The maximum Gasteiger partial charge on any atom is 0.170 e. The number of benzene rings is 4. The molecule has 4 nitrogen and oxygen atoms in total. The minimum atomic E-state index is -3.16. The molecule has 1 aromatic heterocycles. The molecule has 0 aliphatic heterocycles. The van der Waals surface area contributed by atoms with E-state index in [1.807, 2.05) is 60.9 Å².